The van der Waals surface area contributed by atoms with Crippen LogP contribution in [0.2, 0.25) is 10.0 Å². The first-order valence-electron chi connectivity index (χ1n) is 5.06. The van der Waals surface area contributed by atoms with Crippen LogP contribution in [-0.4, -0.2) is 5.11 Å². The van der Waals surface area contributed by atoms with Crippen molar-refractivity contribution in [3.63, 3.8) is 0 Å². The molecule has 2 aromatic rings. The second kappa shape index (κ2) is 4.96. The van der Waals surface area contributed by atoms with Gasteiger partial charge in [-0.2, -0.15) is 0 Å². The van der Waals surface area contributed by atoms with Crippen LogP contribution in [0.1, 0.15) is 17.2 Å². The third-order valence-corrected chi connectivity index (χ3v) is 3.05. The molecule has 2 nitrogen and oxygen atoms in total. The molecular formula is C13H11Cl2NO. The molecule has 0 aliphatic carbocycles. The van der Waals surface area contributed by atoms with Gasteiger partial charge in [0.15, 0.2) is 0 Å². The van der Waals surface area contributed by atoms with E-state index in [9.17, 15) is 5.11 Å². The van der Waals surface area contributed by atoms with E-state index < -0.39 is 6.10 Å². The Balaban J connectivity index is 2.40. The average molecular weight is 268 g/mol. The maximum absolute atomic E-state index is 10.2. The zero-order chi connectivity index (χ0) is 12.4. The number of aliphatic hydroxyl groups is 1. The Kier molecular flexibility index (Phi) is 3.57. The highest BCUT2D eigenvalue weighted by Gasteiger charge is 2.14. The highest BCUT2D eigenvalue weighted by Crippen LogP contribution is 2.30. The molecule has 1 unspecified atom stereocenters. The van der Waals surface area contributed by atoms with Gasteiger partial charge in [0.2, 0.25) is 0 Å². The van der Waals surface area contributed by atoms with E-state index in [1.807, 2.05) is 0 Å². The highest BCUT2D eigenvalue weighted by molar-refractivity contribution is 6.35. The topological polar surface area (TPSA) is 46.2 Å². The molecule has 0 heterocycles. The van der Waals surface area contributed by atoms with Gasteiger partial charge < -0.3 is 10.8 Å². The van der Waals surface area contributed by atoms with Crippen molar-refractivity contribution in [2.24, 2.45) is 0 Å². The molecule has 0 saturated carbocycles. The Morgan fingerprint density at radius 1 is 1.06 bits per heavy atom. The lowest BCUT2D eigenvalue weighted by atomic mass is 10.0. The molecule has 0 spiro atoms. The molecule has 4 heteroatoms. The van der Waals surface area contributed by atoms with E-state index in [0.717, 1.165) is 0 Å². The summed E-state index contributed by atoms with van der Waals surface area (Å²) in [6.45, 7) is 0. The largest absolute Gasteiger partial charge is 0.399 e. The molecule has 3 N–H and O–H groups in total. The van der Waals surface area contributed by atoms with Gasteiger partial charge in [-0.3, -0.25) is 0 Å². The zero-order valence-corrected chi connectivity index (χ0v) is 10.4. The summed E-state index contributed by atoms with van der Waals surface area (Å²) in [4.78, 5) is 0. The van der Waals surface area contributed by atoms with Gasteiger partial charge in [-0.1, -0.05) is 41.4 Å². The summed E-state index contributed by atoms with van der Waals surface area (Å²) in [6, 6.07) is 12.1. The van der Waals surface area contributed by atoms with Crippen LogP contribution in [0, 0.1) is 0 Å². The summed E-state index contributed by atoms with van der Waals surface area (Å²) in [5.74, 6) is 0. The smallest absolute Gasteiger partial charge is 0.106 e. The van der Waals surface area contributed by atoms with Crippen molar-refractivity contribution in [3.05, 3.63) is 63.6 Å². The van der Waals surface area contributed by atoms with Crippen LogP contribution in [-0.2, 0) is 0 Å². The molecule has 1 atom stereocenters. The van der Waals surface area contributed by atoms with Gasteiger partial charge in [-0.15, -0.1) is 0 Å². The first-order chi connectivity index (χ1) is 8.08. The molecule has 0 fully saturated rings. The van der Waals surface area contributed by atoms with Crippen molar-refractivity contribution in [1.29, 1.82) is 0 Å². The first-order valence-corrected chi connectivity index (χ1v) is 5.82. The van der Waals surface area contributed by atoms with Gasteiger partial charge >= 0.3 is 0 Å². The number of rotatable bonds is 2. The molecule has 0 aromatic heterocycles. The first kappa shape index (κ1) is 12.2. The van der Waals surface area contributed by atoms with Gasteiger partial charge in [0.1, 0.15) is 6.10 Å². The van der Waals surface area contributed by atoms with Gasteiger partial charge in [0.25, 0.3) is 0 Å². The third kappa shape index (κ3) is 2.72. The van der Waals surface area contributed by atoms with Gasteiger partial charge in [0, 0.05) is 21.3 Å². The van der Waals surface area contributed by atoms with Gasteiger partial charge in [-0.05, 0) is 29.8 Å². The maximum Gasteiger partial charge on any atom is 0.106 e. The molecule has 0 aliphatic rings. The number of halogens is 2. The van der Waals surface area contributed by atoms with Gasteiger partial charge in [-0.25, -0.2) is 0 Å². The molecule has 0 aliphatic heterocycles. The lowest BCUT2D eigenvalue weighted by Gasteiger charge is -2.13. The summed E-state index contributed by atoms with van der Waals surface area (Å²) in [7, 11) is 0. The molecule has 0 radical (unpaired) electrons. The highest BCUT2D eigenvalue weighted by atomic mass is 35.5. The number of nitrogen functional groups attached to an aromatic ring is 1. The fourth-order valence-electron chi connectivity index (χ4n) is 1.63. The van der Waals surface area contributed by atoms with Crippen LogP contribution >= 0.6 is 23.2 Å². The Morgan fingerprint density at radius 3 is 2.47 bits per heavy atom. The molecule has 88 valence electrons. The number of hydrogen-bond acceptors (Lipinski definition) is 2. The summed E-state index contributed by atoms with van der Waals surface area (Å²) in [6.07, 6.45) is -0.803. The third-order valence-electron chi connectivity index (χ3n) is 2.48. The average Bonchev–Trinajstić information content (AvgIpc) is 2.28. The Hall–Kier alpha value is -1.22. The molecule has 0 bridgehead atoms. The zero-order valence-electron chi connectivity index (χ0n) is 8.90. The number of aliphatic hydroxyl groups excluding tert-OH is 1. The van der Waals surface area contributed by atoms with Crippen molar-refractivity contribution < 1.29 is 5.11 Å². The van der Waals surface area contributed by atoms with Crippen LogP contribution in [0.25, 0.3) is 0 Å². The minimum atomic E-state index is -0.803. The van der Waals surface area contributed by atoms with Crippen LogP contribution < -0.4 is 5.73 Å². The predicted molar refractivity (Wildman–Crippen MR) is 71.4 cm³/mol. The van der Waals surface area contributed by atoms with E-state index >= 15 is 0 Å². The SMILES string of the molecule is Nc1cccc(C(O)c2ccc(Cl)cc2Cl)c1. The number of anilines is 1. The van der Waals surface area contributed by atoms with Gasteiger partial charge in [0.05, 0.1) is 0 Å². The Labute approximate surface area is 110 Å². The van der Waals surface area contributed by atoms with Crippen LogP contribution in [0.4, 0.5) is 5.69 Å². The fourth-order valence-corrected chi connectivity index (χ4v) is 2.14. The van der Waals surface area contributed by atoms with E-state index in [1.54, 1.807) is 42.5 Å². The normalized spacial score (nSPS) is 12.4. The van der Waals surface area contributed by atoms with Crippen molar-refractivity contribution in [2.45, 2.75) is 6.10 Å². The maximum atomic E-state index is 10.2. The van der Waals surface area contributed by atoms with Crippen LogP contribution in [0.5, 0.6) is 0 Å². The number of benzene rings is 2. The molecule has 17 heavy (non-hydrogen) atoms. The van der Waals surface area contributed by atoms with E-state index in [-0.39, 0.29) is 0 Å². The molecule has 0 saturated heterocycles. The number of nitrogens with two attached hydrogens (primary N) is 1. The van der Waals surface area contributed by atoms with E-state index in [0.29, 0.717) is 26.9 Å². The summed E-state index contributed by atoms with van der Waals surface area (Å²) < 4.78 is 0. The van der Waals surface area contributed by atoms with Crippen LogP contribution in [0.3, 0.4) is 0 Å². The van der Waals surface area contributed by atoms with Crippen molar-refractivity contribution >= 4 is 28.9 Å². The lowest BCUT2D eigenvalue weighted by Crippen LogP contribution is -2.01. The minimum Gasteiger partial charge on any atom is -0.399 e. The summed E-state index contributed by atoms with van der Waals surface area (Å²) >= 11 is 11.8. The lowest BCUT2D eigenvalue weighted by molar-refractivity contribution is 0.220. The molecule has 2 rings (SSSR count). The second-order valence-electron chi connectivity index (χ2n) is 3.74. The Morgan fingerprint density at radius 2 is 1.82 bits per heavy atom. The van der Waals surface area contributed by atoms with Crippen molar-refractivity contribution in [1.82, 2.24) is 0 Å². The van der Waals surface area contributed by atoms with E-state index in [2.05, 4.69) is 0 Å². The van der Waals surface area contributed by atoms with Crippen molar-refractivity contribution in [3.8, 4) is 0 Å². The van der Waals surface area contributed by atoms with Crippen molar-refractivity contribution in [2.75, 3.05) is 5.73 Å². The Bertz CT molecular complexity index is 543. The quantitative estimate of drug-likeness (QED) is 0.816. The van der Waals surface area contributed by atoms with Crippen LogP contribution in [0.15, 0.2) is 42.5 Å². The fraction of sp³-hybridized carbons (Fsp3) is 0.0769. The number of hydrogen-bond donors (Lipinski definition) is 2. The van der Waals surface area contributed by atoms with E-state index in [4.69, 9.17) is 28.9 Å². The second-order valence-corrected chi connectivity index (χ2v) is 4.58. The standard InChI is InChI=1S/C13H11Cl2NO/c14-9-4-5-11(12(15)7-9)13(17)8-2-1-3-10(16)6-8/h1-7,13,17H,16H2. The monoisotopic (exact) mass is 267 g/mol. The minimum absolute atomic E-state index is 0.437. The molecular weight excluding hydrogens is 257 g/mol. The summed E-state index contributed by atoms with van der Waals surface area (Å²) in [5, 5.41) is 11.2. The molecule has 0 amide bonds. The molecule has 2 aromatic carbocycles. The summed E-state index contributed by atoms with van der Waals surface area (Å²) in [5.41, 5.74) is 7.59. The van der Waals surface area contributed by atoms with E-state index in [1.165, 1.54) is 0 Å². The predicted octanol–water partition coefficient (Wildman–Crippen LogP) is 3.66.